The molecule has 1 rings (SSSR count). The topological polar surface area (TPSA) is 64.2 Å². The number of hydrogen-bond acceptors (Lipinski definition) is 3. The molecular formula is C7H4BrNO2. The van der Waals surface area contributed by atoms with Crippen molar-refractivity contribution in [3.63, 3.8) is 0 Å². The van der Waals surface area contributed by atoms with Gasteiger partial charge in [0.2, 0.25) is 0 Å². The lowest BCUT2D eigenvalue weighted by Gasteiger charge is -1.98. The molecule has 11 heavy (non-hydrogen) atoms. The summed E-state index contributed by atoms with van der Waals surface area (Å²) in [6.45, 7) is 0. The normalized spacial score (nSPS) is 9.09. The summed E-state index contributed by atoms with van der Waals surface area (Å²) >= 11 is 3.01. The molecule has 4 heteroatoms. The first kappa shape index (κ1) is 7.89. The van der Waals surface area contributed by atoms with Crippen LogP contribution in [0.5, 0.6) is 11.5 Å². The van der Waals surface area contributed by atoms with E-state index in [1.54, 1.807) is 6.07 Å². The highest BCUT2D eigenvalue weighted by atomic mass is 79.9. The van der Waals surface area contributed by atoms with Crippen LogP contribution in [-0.4, -0.2) is 10.2 Å². The van der Waals surface area contributed by atoms with Crippen molar-refractivity contribution in [1.29, 1.82) is 5.26 Å². The van der Waals surface area contributed by atoms with Crippen LogP contribution in [0.4, 0.5) is 0 Å². The third-order valence-electron chi connectivity index (χ3n) is 1.19. The Bertz CT molecular complexity index is 330. The number of phenols is 2. The molecular weight excluding hydrogens is 210 g/mol. The van der Waals surface area contributed by atoms with Gasteiger partial charge in [-0.3, -0.25) is 0 Å². The monoisotopic (exact) mass is 213 g/mol. The van der Waals surface area contributed by atoms with Crippen molar-refractivity contribution >= 4 is 15.9 Å². The van der Waals surface area contributed by atoms with Gasteiger partial charge in [-0.05, 0) is 22.0 Å². The van der Waals surface area contributed by atoms with Crippen LogP contribution in [0.3, 0.4) is 0 Å². The third kappa shape index (κ3) is 1.44. The van der Waals surface area contributed by atoms with Gasteiger partial charge in [-0.15, -0.1) is 0 Å². The van der Waals surface area contributed by atoms with Crippen LogP contribution in [-0.2, 0) is 0 Å². The third-order valence-corrected chi connectivity index (χ3v) is 1.82. The van der Waals surface area contributed by atoms with Crippen molar-refractivity contribution in [2.45, 2.75) is 0 Å². The van der Waals surface area contributed by atoms with Crippen LogP contribution in [0.25, 0.3) is 0 Å². The predicted molar refractivity (Wildman–Crippen MR) is 42.2 cm³/mol. The summed E-state index contributed by atoms with van der Waals surface area (Å²) in [5, 5.41) is 26.4. The molecule has 0 aliphatic carbocycles. The molecule has 0 bridgehead atoms. The summed E-state index contributed by atoms with van der Waals surface area (Å²) in [7, 11) is 0. The highest BCUT2D eigenvalue weighted by Crippen LogP contribution is 2.30. The average molecular weight is 214 g/mol. The van der Waals surface area contributed by atoms with E-state index in [0.717, 1.165) is 6.07 Å². The first-order chi connectivity index (χ1) is 5.15. The first-order valence-corrected chi connectivity index (χ1v) is 3.56. The molecule has 0 amide bonds. The zero-order valence-electron chi connectivity index (χ0n) is 5.37. The fourth-order valence-electron chi connectivity index (χ4n) is 0.640. The van der Waals surface area contributed by atoms with Gasteiger partial charge in [0.1, 0.15) is 17.6 Å². The molecule has 0 atom stereocenters. The molecule has 0 fully saturated rings. The van der Waals surface area contributed by atoms with Crippen LogP contribution >= 0.6 is 15.9 Å². The highest BCUT2D eigenvalue weighted by Gasteiger charge is 2.04. The number of aromatic hydroxyl groups is 2. The van der Waals surface area contributed by atoms with Crippen molar-refractivity contribution in [3.8, 4) is 17.6 Å². The molecule has 56 valence electrons. The van der Waals surface area contributed by atoms with Crippen LogP contribution in [0.15, 0.2) is 16.6 Å². The van der Waals surface area contributed by atoms with Crippen LogP contribution < -0.4 is 0 Å². The Morgan fingerprint density at radius 2 is 1.91 bits per heavy atom. The maximum absolute atomic E-state index is 9.01. The van der Waals surface area contributed by atoms with Gasteiger partial charge >= 0.3 is 0 Å². The largest absolute Gasteiger partial charge is 0.507 e. The standard InChI is InChI=1S/C7H4BrNO2/c8-5-1-4(3-9)6(10)2-7(5)11/h1-2,10-11H. The van der Waals surface area contributed by atoms with Gasteiger partial charge in [-0.2, -0.15) is 5.26 Å². The quantitative estimate of drug-likeness (QED) is 0.691. The fourth-order valence-corrected chi connectivity index (χ4v) is 0.984. The Kier molecular flexibility index (Phi) is 2.01. The second-order valence-corrected chi connectivity index (χ2v) is 2.79. The fraction of sp³-hybridized carbons (Fsp3) is 0. The van der Waals surface area contributed by atoms with E-state index in [2.05, 4.69) is 15.9 Å². The molecule has 1 aromatic carbocycles. The number of phenolic OH excluding ortho intramolecular Hbond substituents is 2. The zero-order chi connectivity index (χ0) is 8.43. The lowest BCUT2D eigenvalue weighted by Crippen LogP contribution is -1.77. The molecule has 0 aromatic heterocycles. The van der Waals surface area contributed by atoms with Gasteiger partial charge < -0.3 is 10.2 Å². The number of halogens is 1. The molecule has 0 heterocycles. The number of rotatable bonds is 0. The Balaban J connectivity index is 3.35. The molecule has 3 nitrogen and oxygen atoms in total. The zero-order valence-corrected chi connectivity index (χ0v) is 6.96. The second kappa shape index (κ2) is 2.81. The van der Waals surface area contributed by atoms with Crippen molar-refractivity contribution in [2.24, 2.45) is 0 Å². The summed E-state index contributed by atoms with van der Waals surface area (Å²) in [5.74, 6) is -0.297. The van der Waals surface area contributed by atoms with E-state index >= 15 is 0 Å². The highest BCUT2D eigenvalue weighted by molar-refractivity contribution is 9.10. The van der Waals surface area contributed by atoms with Gasteiger partial charge in [-0.25, -0.2) is 0 Å². The maximum Gasteiger partial charge on any atom is 0.137 e. The lowest BCUT2D eigenvalue weighted by molar-refractivity contribution is 0.447. The van der Waals surface area contributed by atoms with Gasteiger partial charge in [0.05, 0.1) is 10.0 Å². The van der Waals surface area contributed by atoms with Crippen molar-refractivity contribution in [1.82, 2.24) is 0 Å². The number of benzene rings is 1. The van der Waals surface area contributed by atoms with Crippen molar-refractivity contribution in [3.05, 3.63) is 22.2 Å². The summed E-state index contributed by atoms with van der Waals surface area (Å²) in [6.07, 6.45) is 0. The first-order valence-electron chi connectivity index (χ1n) is 2.76. The molecule has 2 N–H and O–H groups in total. The Labute approximate surface area is 71.6 Å². The van der Waals surface area contributed by atoms with Gasteiger partial charge in [-0.1, -0.05) is 0 Å². The number of nitriles is 1. The van der Waals surface area contributed by atoms with Crippen LogP contribution in [0, 0.1) is 11.3 Å². The molecule has 0 saturated heterocycles. The molecule has 0 aliphatic rings. The molecule has 1 aromatic rings. The van der Waals surface area contributed by atoms with E-state index in [0.29, 0.717) is 4.47 Å². The number of nitrogens with zero attached hydrogens (tertiary/aromatic N) is 1. The molecule has 0 spiro atoms. The van der Waals surface area contributed by atoms with Gasteiger partial charge in [0, 0.05) is 6.07 Å². The lowest BCUT2D eigenvalue weighted by atomic mass is 10.2. The second-order valence-electron chi connectivity index (χ2n) is 1.93. The van der Waals surface area contributed by atoms with E-state index in [1.165, 1.54) is 6.07 Å². The van der Waals surface area contributed by atoms with Gasteiger partial charge in [0.25, 0.3) is 0 Å². The Morgan fingerprint density at radius 1 is 1.27 bits per heavy atom. The summed E-state index contributed by atoms with van der Waals surface area (Å²) in [6, 6.07) is 4.24. The van der Waals surface area contributed by atoms with E-state index in [9.17, 15) is 0 Å². The van der Waals surface area contributed by atoms with E-state index in [-0.39, 0.29) is 17.1 Å². The Hall–Kier alpha value is -1.21. The SMILES string of the molecule is N#Cc1cc(Br)c(O)cc1O. The minimum Gasteiger partial charge on any atom is -0.507 e. The number of hydrogen-bond donors (Lipinski definition) is 2. The minimum atomic E-state index is -0.215. The van der Waals surface area contributed by atoms with Crippen molar-refractivity contribution < 1.29 is 10.2 Å². The van der Waals surface area contributed by atoms with Gasteiger partial charge in [0.15, 0.2) is 0 Å². The van der Waals surface area contributed by atoms with E-state index in [1.807, 2.05) is 0 Å². The summed E-state index contributed by atoms with van der Waals surface area (Å²) in [4.78, 5) is 0. The maximum atomic E-state index is 9.01. The predicted octanol–water partition coefficient (Wildman–Crippen LogP) is 1.73. The summed E-state index contributed by atoms with van der Waals surface area (Å²) < 4.78 is 0.395. The van der Waals surface area contributed by atoms with E-state index in [4.69, 9.17) is 15.5 Å². The van der Waals surface area contributed by atoms with Crippen LogP contribution in [0.2, 0.25) is 0 Å². The average Bonchev–Trinajstić information content (AvgIpc) is 1.97. The summed E-state index contributed by atoms with van der Waals surface area (Å²) in [5.41, 5.74) is 0.134. The van der Waals surface area contributed by atoms with E-state index < -0.39 is 0 Å². The van der Waals surface area contributed by atoms with Crippen LogP contribution in [0.1, 0.15) is 5.56 Å². The molecule has 0 aliphatic heterocycles. The molecule has 0 saturated carbocycles. The molecule has 0 radical (unpaired) electrons. The van der Waals surface area contributed by atoms with Crippen molar-refractivity contribution in [2.75, 3.05) is 0 Å². The minimum absolute atomic E-state index is 0.0819. The Morgan fingerprint density at radius 3 is 2.45 bits per heavy atom. The molecule has 0 unspecified atom stereocenters. The smallest absolute Gasteiger partial charge is 0.137 e.